The molecule has 3 nitrogen and oxygen atoms in total. The van der Waals surface area contributed by atoms with E-state index in [0.717, 1.165) is 11.3 Å². The molecular weight excluding hydrogens is 216 g/mol. The summed E-state index contributed by atoms with van der Waals surface area (Å²) in [6.07, 6.45) is 0.975. The molecule has 0 fully saturated rings. The number of rotatable bonds is 6. The monoisotopic (exact) mass is 238 g/mol. The highest BCUT2D eigenvalue weighted by molar-refractivity contribution is 5.27. The van der Waals surface area contributed by atoms with Gasteiger partial charge in [-0.2, -0.15) is 0 Å². The van der Waals surface area contributed by atoms with Crippen LogP contribution in [0, 0.1) is 0 Å². The molecule has 1 aromatic carbocycles. The van der Waals surface area contributed by atoms with Crippen LogP contribution in [0.4, 0.5) is 0 Å². The fourth-order valence-corrected chi connectivity index (χ4v) is 1.40. The van der Waals surface area contributed by atoms with Crippen molar-refractivity contribution in [3.05, 3.63) is 29.8 Å². The van der Waals surface area contributed by atoms with Crippen molar-refractivity contribution in [2.45, 2.75) is 45.3 Å². The highest BCUT2D eigenvalue weighted by atomic mass is 16.5. The van der Waals surface area contributed by atoms with Gasteiger partial charge in [-0.3, -0.25) is 0 Å². The van der Waals surface area contributed by atoms with E-state index < -0.39 is 5.60 Å². The molecule has 2 N–H and O–H groups in total. The quantitative estimate of drug-likeness (QED) is 0.798. The SMILES string of the molecule is CCC(C)(O)COc1ccc(CC(C)O)cc1. The van der Waals surface area contributed by atoms with Crippen molar-refractivity contribution in [3.8, 4) is 5.75 Å². The van der Waals surface area contributed by atoms with E-state index in [-0.39, 0.29) is 6.10 Å². The molecule has 17 heavy (non-hydrogen) atoms. The standard InChI is InChI=1S/C14H22O3/c1-4-14(3,16)10-17-13-7-5-12(6-8-13)9-11(2)15/h5-8,11,15-16H,4,9-10H2,1-3H3. The van der Waals surface area contributed by atoms with Gasteiger partial charge in [0.05, 0.1) is 11.7 Å². The van der Waals surface area contributed by atoms with E-state index in [1.165, 1.54) is 0 Å². The Morgan fingerprint density at radius 1 is 1.29 bits per heavy atom. The van der Waals surface area contributed by atoms with Crippen LogP contribution in [0.2, 0.25) is 0 Å². The van der Waals surface area contributed by atoms with Gasteiger partial charge >= 0.3 is 0 Å². The summed E-state index contributed by atoms with van der Waals surface area (Å²) in [5.41, 5.74) is 0.299. The molecule has 1 aromatic rings. The molecule has 2 atom stereocenters. The summed E-state index contributed by atoms with van der Waals surface area (Å²) in [7, 11) is 0. The minimum absolute atomic E-state index is 0.291. The van der Waals surface area contributed by atoms with Gasteiger partial charge in [0.25, 0.3) is 0 Å². The van der Waals surface area contributed by atoms with Gasteiger partial charge in [-0.15, -0.1) is 0 Å². The second-order valence-electron chi connectivity index (χ2n) is 4.84. The Labute approximate surface area is 103 Å². The van der Waals surface area contributed by atoms with Crippen molar-refractivity contribution in [1.82, 2.24) is 0 Å². The lowest BCUT2D eigenvalue weighted by Crippen LogP contribution is -2.31. The zero-order valence-electron chi connectivity index (χ0n) is 10.8. The summed E-state index contributed by atoms with van der Waals surface area (Å²) in [4.78, 5) is 0. The first-order valence-corrected chi connectivity index (χ1v) is 6.05. The molecule has 0 aliphatic rings. The van der Waals surface area contributed by atoms with Crippen molar-refractivity contribution in [2.75, 3.05) is 6.61 Å². The molecule has 0 saturated heterocycles. The molecular formula is C14H22O3. The Morgan fingerprint density at radius 3 is 2.35 bits per heavy atom. The van der Waals surface area contributed by atoms with Gasteiger partial charge < -0.3 is 14.9 Å². The van der Waals surface area contributed by atoms with Crippen molar-refractivity contribution >= 4 is 0 Å². The van der Waals surface area contributed by atoms with E-state index in [2.05, 4.69) is 0 Å². The van der Waals surface area contributed by atoms with Gasteiger partial charge in [-0.1, -0.05) is 19.1 Å². The lowest BCUT2D eigenvalue weighted by Gasteiger charge is -2.21. The average molecular weight is 238 g/mol. The van der Waals surface area contributed by atoms with Gasteiger partial charge in [0.15, 0.2) is 0 Å². The summed E-state index contributed by atoms with van der Waals surface area (Å²) >= 11 is 0. The fourth-order valence-electron chi connectivity index (χ4n) is 1.40. The summed E-state index contributed by atoms with van der Waals surface area (Å²) < 4.78 is 5.51. The minimum Gasteiger partial charge on any atom is -0.491 e. The van der Waals surface area contributed by atoms with E-state index >= 15 is 0 Å². The Hall–Kier alpha value is -1.06. The second-order valence-corrected chi connectivity index (χ2v) is 4.84. The lowest BCUT2D eigenvalue weighted by atomic mass is 10.1. The maximum Gasteiger partial charge on any atom is 0.119 e. The number of hydrogen-bond donors (Lipinski definition) is 2. The fraction of sp³-hybridized carbons (Fsp3) is 0.571. The van der Waals surface area contributed by atoms with Gasteiger partial charge in [0.2, 0.25) is 0 Å². The van der Waals surface area contributed by atoms with E-state index in [0.29, 0.717) is 19.4 Å². The van der Waals surface area contributed by atoms with Crippen LogP contribution in [-0.2, 0) is 6.42 Å². The minimum atomic E-state index is -0.779. The summed E-state index contributed by atoms with van der Waals surface area (Å²) in [5, 5.41) is 19.1. The summed E-state index contributed by atoms with van der Waals surface area (Å²) in [6, 6.07) is 7.60. The third-order valence-corrected chi connectivity index (χ3v) is 2.77. The molecule has 0 spiro atoms. The Kier molecular flexibility index (Phi) is 4.97. The van der Waals surface area contributed by atoms with Crippen LogP contribution in [0.5, 0.6) is 5.75 Å². The first-order valence-electron chi connectivity index (χ1n) is 6.05. The Balaban J connectivity index is 2.51. The van der Waals surface area contributed by atoms with E-state index in [4.69, 9.17) is 4.74 Å². The molecule has 0 heterocycles. The molecule has 0 saturated carbocycles. The van der Waals surface area contributed by atoms with E-state index in [1.54, 1.807) is 13.8 Å². The van der Waals surface area contributed by atoms with Crippen LogP contribution in [0.1, 0.15) is 32.8 Å². The van der Waals surface area contributed by atoms with Crippen LogP contribution in [-0.4, -0.2) is 28.5 Å². The molecule has 0 radical (unpaired) electrons. The smallest absolute Gasteiger partial charge is 0.119 e. The Bertz CT molecular complexity index is 328. The largest absolute Gasteiger partial charge is 0.491 e. The van der Waals surface area contributed by atoms with E-state index in [9.17, 15) is 10.2 Å². The third kappa shape index (κ3) is 5.20. The predicted octanol–water partition coefficient (Wildman–Crippen LogP) is 2.15. The molecule has 0 bridgehead atoms. The third-order valence-electron chi connectivity index (χ3n) is 2.77. The molecule has 2 unspecified atom stereocenters. The van der Waals surface area contributed by atoms with Crippen LogP contribution < -0.4 is 4.74 Å². The van der Waals surface area contributed by atoms with Gasteiger partial charge in [0, 0.05) is 0 Å². The molecule has 0 aliphatic carbocycles. The first-order chi connectivity index (χ1) is 7.93. The lowest BCUT2D eigenvalue weighted by molar-refractivity contribution is 0.00846. The molecule has 96 valence electrons. The Morgan fingerprint density at radius 2 is 1.88 bits per heavy atom. The zero-order chi connectivity index (χ0) is 12.9. The number of aliphatic hydroxyl groups is 2. The molecule has 0 aromatic heterocycles. The van der Waals surface area contributed by atoms with Gasteiger partial charge in [-0.05, 0) is 44.4 Å². The van der Waals surface area contributed by atoms with E-state index in [1.807, 2.05) is 31.2 Å². The maximum atomic E-state index is 9.80. The topological polar surface area (TPSA) is 49.7 Å². The molecule has 3 heteroatoms. The number of aliphatic hydroxyl groups excluding tert-OH is 1. The van der Waals surface area contributed by atoms with Crippen molar-refractivity contribution in [2.24, 2.45) is 0 Å². The van der Waals surface area contributed by atoms with Gasteiger partial charge in [-0.25, -0.2) is 0 Å². The van der Waals surface area contributed by atoms with Crippen LogP contribution in [0.3, 0.4) is 0 Å². The number of benzene rings is 1. The van der Waals surface area contributed by atoms with Crippen molar-refractivity contribution < 1.29 is 14.9 Å². The number of ether oxygens (including phenoxy) is 1. The van der Waals surface area contributed by atoms with Crippen LogP contribution >= 0.6 is 0 Å². The molecule has 1 rings (SSSR count). The summed E-state index contributed by atoms with van der Waals surface area (Å²) in [6.45, 7) is 5.74. The second kappa shape index (κ2) is 6.03. The zero-order valence-corrected chi connectivity index (χ0v) is 10.8. The maximum absolute atomic E-state index is 9.80. The first kappa shape index (κ1) is 14.0. The predicted molar refractivity (Wildman–Crippen MR) is 68.2 cm³/mol. The normalized spacial score (nSPS) is 16.3. The van der Waals surface area contributed by atoms with Crippen molar-refractivity contribution in [3.63, 3.8) is 0 Å². The summed E-state index contributed by atoms with van der Waals surface area (Å²) in [5.74, 6) is 0.744. The van der Waals surface area contributed by atoms with Crippen LogP contribution in [0.15, 0.2) is 24.3 Å². The molecule has 0 amide bonds. The van der Waals surface area contributed by atoms with Gasteiger partial charge in [0.1, 0.15) is 12.4 Å². The highest BCUT2D eigenvalue weighted by Gasteiger charge is 2.18. The number of hydrogen-bond acceptors (Lipinski definition) is 3. The highest BCUT2D eigenvalue weighted by Crippen LogP contribution is 2.16. The molecule has 0 aliphatic heterocycles. The van der Waals surface area contributed by atoms with Crippen molar-refractivity contribution in [1.29, 1.82) is 0 Å². The average Bonchev–Trinajstić information content (AvgIpc) is 2.28. The van der Waals surface area contributed by atoms with Crippen LogP contribution in [0.25, 0.3) is 0 Å².